The van der Waals surface area contributed by atoms with Crippen LogP contribution in [0, 0.1) is 6.92 Å². The lowest BCUT2D eigenvalue weighted by Gasteiger charge is -2.10. The van der Waals surface area contributed by atoms with Crippen molar-refractivity contribution in [1.29, 1.82) is 0 Å². The molecular weight excluding hydrogens is 374 g/mol. The molecule has 0 aromatic heterocycles. The van der Waals surface area contributed by atoms with Crippen molar-refractivity contribution in [2.24, 2.45) is 0 Å². The highest BCUT2D eigenvalue weighted by atomic mass is 79.9. The third-order valence-electron chi connectivity index (χ3n) is 2.91. The molecule has 0 radical (unpaired) electrons. The monoisotopic (exact) mass is 387 g/mol. The lowest BCUT2D eigenvalue weighted by molar-refractivity contribution is 0.601. The summed E-state index contributed by atoms with van der Waals surface area (Å²) >= 11 is 9.02. The summed E-state index contributed by atoms with van der Waals surface area (Å²) in [5.41, 5.74) is 2.52. The van der Waals surface area contributed by atoms with E-state index in [1.165, 1.54) is 0 Å². The maximum absolute atomic E-state index is 12.3. The number of anilines is 1. The van der Waals surface area contributed by atoms with Crippen molar-refractivity contribution in [2.75, 3.05) is 10.6 Å². The number of sulfonamides is 1. The van der Waals surface area contributed by atoms with Gasteiger partial charge in [-0.25, -0.2) is 8.42 Å². The predicted octanol–water partition coefficient (Wildman–Crippen LogP) is 4.34. The average molecular weight is 389 g/mol. The first-order valence-corrected chi connectivity index (χ1v) is 9.17. The van der Waals surface area contributed by atoms with Crippen LogP contribution in [0.2, 0.25) is 0 Å². The van der Waals surface area contributed by atoms with E-state index in [0.717, 1.165) is 22.0 Å². The second-order valence-electron chi connectivity index (χ2n) is 4.71. The molecule has 6 heteroatoms. The molecule has 0 spiro atoms. The Bertz CT molecular complexity index is 710. The number of hydrogen-bond donors (Lipinski definition) is 1. The minimum absolute atomic E-state index is 0.235. The zero-order valence-electron chi connectivity index (χ0n) is 11.4. The topological polar surface area (TPSA) is 46.2 Å². The highest BCUT2D eigenvalue weighted by Gasteiger charge is 2.14. The molecule has 1 N–H and O–H groups in total. The van der Waals surface area contributed by atoms with E-state index in [4.69, 9.17) is 11.6 Å². The molecule has 0 fully saturated rings. The second kappa shape index (κ2) is 6.81. The average Bonchev–Trinajstić information content (AvgIpc) is 2.38. The molecule has 0 heterocycles. The maximum atomic E-state index is 12.3. The molecule has 3 nitrogen and oxygen atoms in total. The van der Waals surface area contributed by atoms with Crippen molar-refractivity contribution >= 4 is 43.2 Å². The van der Waals surface area contributed by atoms with Crippen molar-refractivity contribution in [3.05, 3.63) is 58.1 Å². The SMILES string of the molecule is Cc1cc(Br)cc(NS(=O)(=O)c2ccc(CCCl)cc2)c1. The van der Waals surface area contributed by atoms with E-state index in [2.05, 4.69) is 20.7 Å². The number of halogens is 2. The second-order valence-corrected chi connectivity index (χ2v) is 7.68. The Hall–Kier alpha value is -1.04. The first-order valence-electron chi connectivity index (χ1n) is 6.35. The first kappa shape index (κ1) is 16.3. The summed E-state index contributed by atoms with van der Waals surface area (Å²) in [7, 11) is -3.58. The van der Waals surface area contributed by atoms with Gasteiger partial charge < -0.3 is 0 Å². The molecule has 21 heavy (non-hydrogen) atoms. The Balaban J connectivity index is 2.25. The zero-order valence-corrected chi connectivity index (χ0v) is 14.6. The van der Waals surface area contributed by atoms with Gasteiger partial charge in [-0.05, 0) is 54.8 Å². The summed E-state index contributed by atoms with van der Waals surface area (Å²) in [4.78, 5) is 0.235. The summed E-state index contributed by atoms with van der Waals surface area (Å²) in [6.07, 6.45) is 0.722. The standard InChI is InChI=1S/C15H15BrClNO2S/c1-11-8-13(16)10-14(9-11)18-21(19,20)15-4-2-12(3-5-15)6-7-17/h2-5,8-10,18H,6-7H2,1H3. The van der Waals surface area contributed by atoms with Gasteiger partial charge in [0.2, 0.25) is 0 Å². The van der Waals surface area contributed by atoms with Crippen LogP contribution in [-0.4, -0.2) is 14.3 Å². The molecular formula is C15H15BrClNO2S. The van der Waals surface area contributed by atoms with E-state index in [0.29, 0.717) is 11.6 Å². The highest BCUT2D eigenvalue weighted by molar-refractivity contribution is 9.10. The molecule has 2 rings (SSSR count). The molecule has 0 saturated carbocycles. The maximum Gasteiger partial charge on any atom is 0.261 e. The summed E-state index contributed by atoms with van der Waals surface area (Å²) in [6, 6.07) is 12.2. The number of hydrogen-bond acceptors (Lipinski definition) is 2. The Kier molecular flexibility index (Phi) is 5.30. The van der Waals surface area contributed by atoms with E-state index >= 15 is 0 Å². The highest BCUT2D eigenvalue weighted by Crippen LogP contribution is 2.22. The molecule has 0 atom stereocenters. The van der Waals surface area contributed by atoms with Crippen LogP contribution in [0.3, 0.4) is 0 Å². The molecule has 0 aliphatic heterocycles. The Morgan fingerprint density at radius 3 is 2.38 bits per heavy atom. The zero-order chi connectivity index (χ0) is 15.5. The summed E-state index contributed by atoms with van der Waals surface area (Å²) < 4.78 is 28.1. The Labute approximate surface area is 138 Å². The van der Waals surface area contributed by atoms with Gasteiger partial charge in [0.05, 0.1) is 10.6 Å². The van der Waals surface area contributed by atoms with Gasteiger partial charge in [-0.1, -0.05) is 28.1 Å². The molecule has 0 saturated heterocycles. The molecule has 0 unspecified atom stereocenters. The number of nitrogens with one attached hydrogen (secondary N) is 1. The van der Waals surface area contributed by atoms with Crippen molar-refractivity contribution in [1.82, 2.24) is 0 Å². The van der Waals surface area contributed by atoms with Crippen LogP contribution in [0.4, 0.5) is 5.69 Å². The Morgan fingerprint density at radius 1 is 1.14 bits per heavy atom. The van der Waals surface area contributed by atoms with Crippen LogP contribution in [0.25, 0.3) is 0 Å². The molecule has 112 valence electrons. The first-order chi connectivity index (χ1) is 9.90. The van der Waals surface area contributed by atoms with Crippen LogP contribution in [0.15, 0.2) is 51.8 Å². The molecule has 0 amide bonds. The van der Waals surface area contributed by atoms with Crippen LogP contribution in [-0.2, 0) is 16.4 Å². The summed E-state index contributed by atoms with van der Waals surface area (Å²) in [5, 5.41) is 0. The van der Waals surface area contributed by atoms with Crippen molar-refractivity contribution in [3.63, 3.8) is 0 Å². The van der Waals surface area contributed by atoms with Gasteiger partial charge in [0.25, 0.3) is 10.0 Å². The molecule has 0 aliphatic rings. The summed E-state index contributed by atoms with van der Waals surface area (Å²) in [5.74, 6) is 0.516. The normalized spacial score (nSPS) is 11.4. The minimum atomic E-state index is -3.58. The Morgan fingerprint density at radius 2 is 1.81 bits per heavy atom. The van der Waals surface area contributed by atoms with Crippen LogP contribution >= 0.6 is 27.5 Å². The van der Waals surface area contributed by atoms with Gasteiger partial charge in [-0.3, -0.25) is 4.72 Å². The molecule has 0 bridgehead atoms. The van der Waals surface area contributed by atoms with Crippen LogP contribution < -0.4 is 4.72 Å². The van der Waals surface area contributed by atoms with Gasteiger partial charge in [0.15, 0.2) is 0 Å². The quantitative estimate of drug-likeness (QED) is 0.774. The number of benzene rings is 2. The van der Waals surface area contributed by atoms with Gasteiger partial charge in [-0.15, -0.1) is 11.6 Å². The van der Waals surface area contributed by atoms with Gasteiger partial charge >= 0.3 is 0 Å². The fourth-order valence-electron chi connectivity index (χ4n) is 1.95. The smallest absolute Gasteiger partial charge is 0.261 e. The van der Waals surface area contributed by atoms with E-state index in [9.17, 15) is 8.42 Å². The van der Waals surface area contributed by atoms with Gasteiger partial charge in [0.1, 0.15) is 0 Å². The lowest BCUT2D eigenvalue weighted by atomic mass is 10.2. The van der Waals surface area contributed by atoms with E-state index in [1.54, 1.807) is 36.4 Å². The fourth-order valence-corrected chi connectivity index (χ4v) is 3.82. The molecule has 2 aromatic rings. The number of rotatable bonds is 5. The third-order valence-corrected chi connectivity index (χ3v) is 4.96. The number of aryl methyl sites for hydroxylation is 2. The van der Waals surface area contributed by atoms with E-state index < -0.39 is 10.0 Å². The van der Waals surface area contributed by atoms with E-state index in [1.807, 2.05) is 13.0 Å². The largest absolute Gasteiger partial charge is 0.280 e. The predicted molar refractivity (Wildman–Crippen MR) is 90.6 cm³/mol. The fraction of sp³-hybridized carbons (Fsp3) is 0.200. The van der Waals surface area contributed by atoms with Crippen LogP contribution in [0.5, 0.6) is 0 Å². The molecule has 0 aliphatic carbocycles. The van der Waals surface area contributed by atoms with Crippen LogP contribution in [0.1, 0.15) is 11.1 Å². The van der Waals surface area contributed by atoms with Crippen molar-refractivity contribution in [2.45, 2.75) is 18.2 Å². The van der Waals surface area contributed by atoms with Gasteiger partial charge in [-0.2, -0.15) is 0 Å². The number of alkyl halides is 1. The summed E-state index contributed by atoms with van der Waals surface area (Å²) in [6.45, 7) is 1.91. The van der Waals surface area contributed by atoms with Crippen molar-refractivity contribution in [3.8, 4) is 0 Å². The molecule has 2 aromatic carbocycles. The minimum Gasteiger partial charge on any atom is -0.280 e. The third kappa shape index (κ3) is 4.46. The van der Waals surface area contributed by atoms with Crippen molar-refractivity contribution < 1.29 is 8.42 Å². The lowest BCUT2D eigenvalue weighted by Crippen LogP contribution is -2.13. The van der Waals surface area contributed by atoms with Gasteiger partial charge in [0, 0.05) is 10.4 Å². The van der Waals surface area contributed by atoms with E-state index in [-0.39, 0.29) is 4.90 Å².